The number of benzene rings is 1. The minimum atomic E-state index is -0.473. The molecule has 104 valence electrons. The van der Waals surface area contributed by atoms with Crippen LogP contribution in [0.15, 0.2) is 36.5 Å². The zero-order valence-electron chi connectivity index (χ0n) is 11.3. The Balaban J connectivity index is 2.28. The zero-order valence-corrected chi connectivity index (χ0v) is 11.3. The van der Waals surface area contributed by atoms with Gasteiger partial charge in [0, 0.05) is 23.7 Å². The second kappa shape index (κ2) is 6.12. The molecular formula is C14H15N3O3. The molecule has 6 nitrogen and oxygen atoms in total. The molecule has 0 saturated heterocycles. The van der Waals surface area contributed by atoms with E-state index in [0.717, 1.165) is 5.56 Å². The van der Waals surface area contributed by atoms with Crippen molar-refractivity contribution in [1.29, 1.82) is 0 Å². The number of rotatable bonds is 5. The van der Waals surface area contributed by atoms with E-state index in [1.165, 1.54) is 12.3 Å². The maximum Gasteiger partial charge on any atom is 0.288 e. The highest BCUT2D eigenvalue weighted by Crippen LogP contribution is 2.27. The molecule has 0 atom stereocenters. The molecule has 1 aromatic carbocycles. The van der Waals surface area contributed by atoms with E-state index in [4.69, 9.17) is 4.74 Å². The van der Waals surface area contributed by atoms with Gasteiger partial charge in [-0.3, -0.25) is 10.1 Å². The Hall–Kier alpha value is -2.47. The lowest BCUT2D eigenvalue weighted by molar-refractivity contribution is -0.385. The number of nitrogens with one attached hydrogen (secondary N) is 1. The predicted octanol–water partition coefficient (Wildman–Crippen LogP) is 2.81. The molecule has 0 aliphatic carbocycles. The van der Waals surface area contributed by atoms with Crippen LogP contribution in [0.3, 0.4) is 0 Å². The van der Waals surface area contributed by atoms with E-state index >= 15 is 0 Å². The predicted molar refractivity (Wildman–Crippen MR) is 74.9 cm³/mol. The highest BCUT2D eigenvalue weighted by atomic mass is 16.6. The van der Waals surface area contributed by atoms with Crippen LogP contribution in [0, 0.1) is 17.0 Å². The van der Waals surface area contributed by atoms with Crippen molar-refractivity contribution >= 4 is 5.69 Å². The molecular weight excluding hydrogens is 258 g/mol. The third-order valence-electron chi connectivity index (χ3n) is 2.77. The SMILES string of the molecule is CNCc1ccccc1Oc1ncc([N+](=O)[O-])cc1C. The number of para-hydroxylation sites is 1. The number of pyridine rings is 1. The third-order valence-corrected chi connectivity index (χ3v) is 2.77. The summed E-state index contributed by atoms with van der Waals surface area (Å²) >= 11 is 0. The number of hydrogen-bond acceptors (Lipinski definition) is 5. The lowest BCUT2D eigenvalue weighted by Crippen LogP contribution is -2.06. The van der Waals surface area contributed by atoms with Crippen LogP contribution < -0.4 is 10.1 Å². The van der Waals surface area contributed by atoms with Crippen LogP contribution in [0.2, 0.25) is 0 Å². The summed E-state index contributed by atoms with van der Waals surface area (Å²) in [7, 11) is 1.85. The summed E-state index contributed by atoms with van der Waals surface area (Å²) in [5, 5.41) is 13.7. The van der Waals surface area contributed by atoms with E-state index < -0.39 is 4.92 Å². The van der Waals surface area contributed by atoms with Crippen LogP contribution >= 0.6 is 0 Å². The summed E-state index contributed by atoms with van der Waals surface area (Å²) in [6, 6.07) is 9.04. The van der Waals surface area contributed by atoms with Crippen LogP contribution in [0.1, 0.15) is 11.1 Å². The Bertz CT molecular complexity index is 629. The van der Waals surface area contributed by atoms with Crippen molar-refractivity contribution in [2.75, 3.05) is 7.05 Å². The summed E-state index contributed by atoms with van der Waals surface area (Å²) in [5.41, 5.74) is 1.58. The molecule has 2 rings (SSSR count). The minimum absolute atomic E-state index is 0.0432. The van der Waals surface area contributed by atoms with E-state index in [1.54, 1.807) is 6.92 Å². The van der Waals surface area contributed by atoms with Crippen molar-refractivity contribution < 1.29 is 9.66 Å². The smallest absolute Gasteiger partial charge is 0.288 e. The highest BCUT2D eigenvalue weighted by Gasteiger charge is 2.12. The van der Waals surface area contributed by atoms with Crippen molar-refractivity contribution in [3.8, 4) is 11.6 Å². The lowest BCUT2D eigenvalue weighted by atomic mass is 10.2. The van der Waals surface area contributed by atoms with E-state index in [-0.39, 0.29) is 5.69 Å². The van der Waals surface area contributed by atoms with Crippen molar-refractivity contribution in [3.05, 3.63) is 57.8 Å². The molecule has 0 radical (unpaired) electrons. The van der Waals surface area contributed by atoms with Gasteiger partial charge in [0.15, 0.2) is 0 Å². The van der Waals surface area contributed by atoms with Gasteiger partial charge in [0.25, 0.3) is 5.69 Å². The fourth-order valence-electron chi connectivity index (χ4n) is 1.80. The molecule has 6 heteroatoms. The van der Waals surface area contributed by atoms with Gasteiger partial charge in [-0.05, 0) is 20.0 Å². The molecule has 0 saturated carbocycles. The van der Waals surface area contributed by atoms with Gasteiger partial charge < -0.3 is 10.1 Å². The standard InChI is InChI=1S/C14H15N3O3/c1-10-7-12(17(18)19)9-16-14(10)20-13-6-4-3-5-11(13)8-15-2/h3-7,9,15H,8H2,1-2H3. The molecule has 1 aromatic heterocycles. The molecule has 20 heavy (non-hydrogen) atoms. The number of aryl methyl sites for hydroxylation is 1. The van der Waals surface area contributed by atoms with Gasteiger partial charge in [0.1, 0.15) is 11.9 Å². The maximum atomic E-state index is 10.7. The quantitative estimate of drug-likeness (QED) is 0.669. The van der Waals surface area contributed by atoms with Gasteiger partial charge >= 0.3 is 0 Å². The van der Waals surface area contributed by atoms with Gasteiger partial charge in [-0.2, -0.15) is 0 Å². The van der Waals surface area contributed by atoms with Crippen LogP contribution in [-0.2, 0) is 6.54 Å². The monoisotopic (exact) mass is 273 g/mol. The Kier molecular flexibility index (Phi) is 4.27. The summed E-state index contributed by atoms with van der Waals surface area (Å²) in [6.07, 6.45) is 1.20. The second-order valence-electron chi connectivity index (χ2n) is 4.31. The van der Waals surface area contributed by atoms with E-state index in [2.05, 4.69) is 10.3 Å². The topological polar surface area (TPSA) is 77.3 Å². The first-order chi connectivity index (χ1) is 9.61. The summed E-state index contributed by atoms with van der Waals surface area (Å²) in [5.74, 6) is 1.06. The number of nitro groups is 1. The van der Waals surface area contributed by atoms with Crippen LogP contribution in [0.25, 0.3) is 0 Å². The molecule has 0 bridgehead atoms. The van der Waals surface area contributed by atoms with Crippen molar-refractivity contribution in [2.45, 2.75) is 13.5 Å². The number of aromatic nitrogens is 1. The van der Waals surface area contributed by atoms with Crippen molar-refractivity contribution in [2.24, 2.45) is 0 Å². The number of nitrogens with zero attached hydrogens (tertiary/aromatic N) is 2. The molecule has 0 fully saturated rings. The lowest BCUT2D eigenvalue weighted by Gasteiger charge is -2.11. The van der Waals surface area contributed by atoms with E-state index in [9.17, 15) is 10.1 Å². The van der Waals surface area contributed by atoms with Crippen LogP contribution in [0.5, 0.6) is 11.6 Å². The highest BCUT2D eigenvalue weighted by molar-refractivity contribution is 5.41. The first-order valence-corrected chi connectivity index (χ1v) is 6.13. The van der Waals surface area contributed by atoms with E-state index in [1.807, 2.05) is 31.3 Å². The average molecular weight is 273 g/mol. The molecule has 0 unspecified atom stereocenters. The first kappa shape index (κ1) is 14.0. The normalized spacial score (nSPS) is 10.3. The molecule has 1 heterocycles. The number of hydrogen-bond donors (Lipinski definition) is 1. The summed E-state index contributed by atoms with van der Waals surface area (Å²) in [6.45, 7) is 2.40. The van der Waals surface area contributed by atoms with E-state index in [0.29, 0.717) is 23.7 Å². The average Bonchev–Trinajstić information content (AvgIpc) is 2.43. The van der Waals surface area contributed by atoms with Crippen LogP contribution in [-0.4, -0.2) is 17.0 Å². The third kappa shape index (κ3) is 3.10. The van der Waals surface area contributed by atoms with Gasteiger partial charge in [0.2, 0.25) is 5.88 Å². The van der Waals surface area contributed by atoms with Gasteiger partial charge in [-0.15, -0.1) is 0 Å². The molecule has 0 spiro atoms. The maximum absolute atomic E-state index is 10.7. The Morgan fingerprint density at radius 2 is 2.15 bits per heavy atom. The largest absolute Gasteiger partial charge is 0.438 e. The Morgan fingerprint density at radius 3 is 2.80 bits per heavy atom. The fourth-order valence-corrected chi connectivity index (χ4v) is 1.80. The van der Waals surface area contributed by atoms with Crippen molar-refractivity contribution in [3.63, 3.8) is 0 Å². The Morgan fingerprint density at radius 1 is 1.40 bits per heavy atom. The van der Waals surface area contributed by atoms with Crippen LogP contribution in [0.4, 0.5) is 5.69 Å². The zero-order chi connectivity index (χ0) is 14.5. The second-order valence-corrected chi connectivity index (χ2v) is 4.31. The molecule has 2 aromatic rings. The summed E-state index contributed by atoms with van der Waals surface area (Å²) < 4.78 is 5.75. The van der Waals surface area contributed by atoms with Gasteiger partial charge in [0.05, 0.1) is 4.92 Å². The number of ether oxygens (including phenoxy) is 1. The molecule has 0 aliphatic heterocycles. The summed E-state index contributed by atoms with van der Waals surface area (Å²) in [4.78, 5) is 14.2. The fraction of sp³-hybridized carbons (Fsp3) is 0.214. The molecule has 0 aliphatic rings. The van der Waals surface area contributed by atoms with Gasteiger partial charge in [-0.1, -0.05) is 18.2 Å². The van der Waals surface area contributed by atoms with Crippen molar-refractivity contribution in [1.82, 2.24) is 10.3 Å². The first-order valence-electron chi connectivity index (χ1n) is 6.13. The molecule has 1 N–H and O–H groups in total. The minimum Gasteiger partial charge on any atom is -0.438 e. The van der Waals surface area contributed by atoms with Gasteiger partial charge in [-0.25, -0.2) is 4.98 Å². The molecule has 0 amide bonds. The Labute approximate surface area is 116 Å².